The molecule has 136 valence electrons. The van der Waals surface area contributed by atoms with Crippen LogP contribution in [0.5, 0.6) is 0 Å². The van der Waals surface area contributed by atoms with Gasteiger partial charge in [0.05, 0.1) is 0 Å². The van der Waals surface area contributed by atoms with E-state index in [0.717, 1.165) is 23.7 Å². The zero-order valence-electron chi connectivity index (χ0n) is 13.5. The molecule has 0 unspecified atom stereocenters. The van der Waals surface area contributed by atoms with Crippen molar-refractivity contribution in [3.05, 3.63) is 46.5 Å². The lowest BCUT2D eigenvalue weighted by molar-refractivity contribution is -0.134. The van der Waals surface area contributed by atoms with Crippen LogP contribution in [0.1, 0.15) is 36.0 Å². The molecule has 0 bridgehead atoms. The Morgan fingerprint density at radius 2 is 1.56 bits per heavy atom. The van der Waals surface area contributed by atoms with Gasteiger partial charge in [-0.25, -0.2) is 9.59 Å². The topological polar surface area (TPSA) is 130 Å². The molecule has 0 radical (unpaired) electrons. The standard InChI is InChI=1S/C13H17BrN2O.C4H4O4/c14-10-7-5-9(6-8-10)13(17)16-12-4-2-1-3-11(12)15;5-3(6)1-2-4(7)8/h5-8,11-12H,1-4,15H2,(H,16,17);1-2H,(H,5,6)(H,7,8)/t11-,12-;/m1./s1. The van der Waals surface area contributed by atoms with Crippen LogP contribution in [0.15, 0.2) is 40.9 Å². The van der Waals surface area contributed by atoms with Gasteiger partial charge in [0, 0.05) is 34.3 Å². The molecular weight excluding hydrogens is 392 g/mol. The Hall–Kier alpha value is -2.19. The molecular formula is C17H21BrN2O5. The van der Waals surface area contributed by atoms with Gasteiger partial charge in [-0.1, -0.05) is 28.8 Å². The number of hydrogen-bond acceptors (Lipinski definition) is 4. The Labute approximate surface area is 154 Å². The molecule has 1 aromatic carbocycles. The monoisotopic (exact) mass is 412 g/mol. The van der Waals surface area contributed by atoms with Gasteiger partial charge in [0.2, 0.25) is 0 Å². The molecule has 25 heavy (non-hydrogen) atoms. The van der Waals surface area contributed by atoms with Crippen LogP contribution in [0.25, 0.3) is 0 Å². The molecule has 1 aliphatic carbocycles. The van der Waals surface area contributed by atoms with Crippen LogP contribution in [0, 0.1) is 0 Å². The zero-order valence-corrected chi connectivity index (χ0v) is 15.1. The number of amides is 1. The van der Waals surface area contributed by atoms with Crippen LogP contribution in [0.3, 0.4) is 0 Å². The van der Waals surface area contributed by atoms with Crippen molar-refractivity contribution in [3.8, 4) is 0 Å². The highest BCUT2D eigenvalue weighted by Gasteiger charge is 2.23. The third-order valence-electron chi connectivity index (χ3n) is 3.61. The summed E-state index contributed by atoms with van der Waals surface area (Å²) in [7, 11) is 0. The molecule has 1 saturated carbocycles. The maximum Gasteiger partial charge on any atom is 0.328 e. The normalized spacial score (nSPS) is 19.6. The van der Waals surface area contributed by atoms with E-state index in [1.165, 1.54) is 6.42 Å². The Morgan fingerprint density at radius 3 is 2.04 bits per heavy atom. The molecule has 8 heteroatoms. The second-order valence-electron chi connectivity index (χ2n) is 5.54. The summed E-state index contributed by atoms with van der Waals surface area (Å²) in [4.78, 5) is 31.1. The van der Waals surface area contributed by atoms with Crippen molar-refractivity contribution in [1.82, 2.24) is 5.32 Å². The van der Waals surface area contributed by atoms with Crippen LogP contribution in [-0.2, 0) is 9.59 Å². The first-order valence-corrected chi connectivity index (χ1v) is 8.55. The number of nitrogens with two attached hydrogens (primary N) is 1. The molecule has 0 spiro atoms. The fourth-order valence-electron chi connectivity index (χ4n) is 2.33. The van der Waals surface area contributed by atoms with E-state index in [-0.39, 0.29) is 18.0 Å². The van der Waals surface area contributed by atoms with Gasteiger partial charge in [0.1, 0.15) is 0 Å². The summed E-state index contributed by atoms with van der Waals surface area (Å²) in [6.45, 7) is 0. The Kier molecular flexibility index (Phi) is 8.87. The van der Waals surface area contributed by atoms with E-state index in [9.17, 15) is 14.4 Å². The van der Waals surface area contributed by atoms with Gasteiger partial charge >= 0.3 is 11.9 Å². The summed E-state index contributed by atoms with van der Waals surface area (Å²) in [5.74, 6) is -2.54. The predicted molar refractivity (Wildman–Crippen MR) is 96.3 cm³/mol. The van der Waals surface area contributed by atoms with E-state index in [4.69, 9.17) is 15.9 Å². The lowest BCUT2D eigenvalue weighted by atomic mass is 9.91. The first-order chi connectivity index (χ1) is 11.8. The van der Waals surface area contributed by atoms with Crippen LogP contribution in [0.2, 0.25) is 0 Å². The lowest BCUT2D eigenvalue weighted by Gasteiger charge is -2.29. The number of carbonyl (C=O) groups is 3. The average Bonchev–Trinajstić information content (AvgIpc) is 2.56. The average molecular weight is 413 g/mol. The van der Waals surface area contributed by atoms with E-state index in [2.05, 4.69) is 21.2 Å². The zero-order chi connectivity index (χ0) is 18.8. The van der Waals surface area contributed by atoms with Gasteiger partial charge in [0.25, 0.3) is 5.91 Å². The molecule has 2 atom stereocenters. The number of carboxylic acids is 2. The Balaban J connectivity index is 0.000000333. The summed E-state index contributed by atoms with van der Waals surface area (Å²) >= 11 is 3.35. The first kappa shape index (κ1) is 20.9. The van der Waals surface area contributed by atoms with Crippen LogP contribution < -0.4 is 11.1 Å². The summed E-state index contributed by atoms with van der Waals surface area (Å²) in [5, 5.41) is 18.6. The van der Waals surface area contributed by atoms with E-state index >= 15 is 0 Å². The highest BCUT2D eigenvalue weighted by atomic mass is 79.9. The molecule has 1 aliphatic rings. The van der Waals surface area contributed by atoms with Crippen molar-refractivity contribution >= 4 is 33.8 Å². The second-order valence-corrected chi connectivity index (χ2v) is 6.46. The molecule has 5 N–H and O–H groups in total. The van der Waals surface area contributed by atoms with Crippen LogP contribution in [0.4, 0.5) is 0 Å². The van der Waals surface area contributed by atoms with Crippen molar-refractivity contribution in [2.24, 2.45) is 5.73 Å². The van der Waals surface area contributed by atoms with Gasteiger partial charge in [-0.15, -0.1) is 0 Å². The minimum absolute atomic E-state index is 0.0279. The molecule has 0 heterocycles. The van der Waals surface area contributed by atoms with Crippen molar-refractivity contribution in [2.45, 2.75) is 37.8 Å². The number of carbonyl (C=O) groups excluding carboxylic acids is 1. The van der Waals surface area contributed by atoms with Crippen LogP contribution >= 0.6 is 15.9 Å². The Bertz CT molecular complexity index is 614. The summed E-state index contributed by atoms with van der Waals surface area (Å²) in [5.41, 5.74) is 6.69. The summed E-state index contributed by atoms with van der Waals surface area (Å²) in [6.07, 6.45) is 5.43. The van der Waals surface area contributed by atoms with Crippen molar-refractivity contribution < 1.29 is 24.6 Å². The van der Waals surface area contributed by atoms with Gasteiger partial charge < -0.3 is 21.3 Å². The third-order valence-corrected chi connectivity index (χ3v) is 4.14. The Morgan fingerprint density at radius 1 is 1.04 bits per heavy atom. The fraction of sp³-hybridized carbons (Fsp3) is 0.353. The maximum absolute atomic E-state index is 12.0. The second kappa shape index (κ2) is 10.6. The number of aliphatic carboxylic acids is 2. The van der Waals surface area contributed by atoms with Gasteiger partial charge in [0.15, 0.2) is 0 Å². The molecule has 1 amide bonds. The highest BCUT2D eigenvalue weighted by Crippen LogP contribution is 2.17. The number of carboxylic acid groups (broad SMARTS) is 2. The van der Waals surface area contributed by atoms with Crippen molar-refractivity contribution in [3.63, 3.8) is 0 Å². The molecule has 1 aromatic rings. The number of benzene rings is 1. The van der Waals surface area contributed by atoms with Gasteiger partial charge in [-0.05, 0) is 37.1 Å². The fourth-order valence-corrected chi connectivity index (χ4v) is 2.60. The van der Waals surface area contributed by atoms with Gasteiger partial charge in [-0.3, -0.25) is 4.79 Å². The third kappa shape index (κ3) is 8.46. The van der Waals surface area contributed by atoms with Crippen molar-refractivity contribution in [2.75, 3.05) is 0 Å². The van der Waals surface area contributed by atoms with E-state index < -0.39 is 11.9 Å². The van der Waals surface area contributed by atoms with Crippen molar-refractivity contribution in [1.29, 1.82) is 0 Å². The smallest absolute Gasteiger partial charge is 0.328 e. The largest absolute Gasteiger partial charge is 0.478 e. The van der Waals surface area contributed by atoms with Gasteiger partial charge in [-0.2, -0.15) is 0 Å². The quantitative estimate of drug-likeness (QED) is 0.560. The summed E-state index contributed by atoms with van der Waals surface area (Å²) < 4.78 is 0.975. The first-order valence-electron chi connectivity index (χ1n) is 7.75. The van der Waals surface area contributed by atoms with E-state index in [1.54, 1.807) is 0 Å². The lowest BCUT2D eigenvalue weighted by Crippen LogP contribution is -2.49. The number of hydrogen-bond donors (Lipinski definition) is 4. The number of nitrogens with one attached hydrogen (secondary N) is 1. The molecule has 7 nitrogen and oxygen atoms in total. The molecule has 0 aliphatic heterocycles. The minimum atomic E-state index is -1.26. The highest BCUT2D eigenvalue weighted by molar-refractivity contribution is 9.10. The molecule has 2 rings (SSSR count). The summed E-state index contributed by atoms with van der Waals surface area (Å²) in [6, 6.07) is 7.59. The molecule has 1 fully saturated rings. The molecule has 0 aromatic heterocycles. The number of rotatable bonds is 4. The van der Waals surface area contributed by atoms with E-state index in [1.807, 2.05) is 24.3 Å². The predicted octanol–water partition coefficient (Wildman–Crippen LogP) is 2.16. The SMILES string of the molecule is N[C@@H]1CCCC[C@H]1NC(=O)c1ccc(Br)cc1.O=C(O)C=CC(=O)O. The van der Waals surface area contributed by atoms with Crippen LogP contribution in [-0.4, -0.2) is 40.1 Å². The minimum Gasteiger partial charge on any atom is -0.478 e. The maximum atomic E-state index is 12.0. The van der Waals surface area contributed by atoms with E-state index in [0.29, 0.717) is 17.7 Å². The number of halogens is 1. The molecule has 0 saturated heterocycles.